The maximum Gasteiger partial charge on any atom is 0.215 e. The summed E-state index contributed by atoms with van der Waals surface area (Å²) in [5, 5.41) is 8.79. The Morgan fingerprint density at radius 3 is 2.75 bits per heavy atom. The number of hydrogen-bond donors (Lipinski definition) is 2. The van der Waals surface area contributed by atoms with Crippen molar-refractivity contribution >= 4 is 21.4 Å². The predicted molar refractivity (Wildman–Crippen MR) is 65.7 cm³/mol. The van der Waals surface area contributed by atoms with Gasteiger partial charge < -0.3 is 5.32 Å². The Balaban J connectivity index is 2.66. The summed E-state index contributed by atoms with van der Waals surface area (Å²) in [6.07, 6.45) is 1.07. The molecule has 0 aliphatic carbocycles. The highest BCUT2D eigenvalue weighted by atomic mass is 32.2. The number of thiazole rings is 1. The number of rotatable bonds is 6. The van der Waals surface area contributed by atoms with Gasteiger partial charge in [-0.3, -0.25) is 0 Å². The summed E-state index contributed by atoms with van der Waals surface area (Å²) in [6.45, 7) is 5.66. The van der Waals surface area contributed by atoms with E-state index in [4.69, 9.17) is 5.14 Å². The van der Waals surface area contributed by atoms with E-state index in [0.717, 1.165) is 30.1 Å². The Kier molecular flexibility index (Phi) is 4.85. The number of sulfonamides is 1. The van der Waals surface area contributed by atoms with Crippen LogP contribution in [0.25, 0.3) is 0 Å². The largest absolute Gasteiger partial charge is 0.312 e. The van der Waals surface area contributed by atoms with Gasteiger partial charge in [-0.05, 0) is 19.9 Å². The van der Waals surface area contributed by atoms with Crippen LogP contribution in [0, 0.1) is 6.92 Å². The third-order valence-corrected chi connectivity index (χ3v) is 3.99. The SMILES string of the molecule is CCCNCc1sc(CS(N)(=O)=O)nc1C. The molecule has 0 radical (unpaired) electrons. The lowest BCUT2D eigenvalue weighted by Crippen LogP contribution is -2.14. The van der Waals surface area contributed by atoms with Gasteiger partial charge >= 0.3 is 0 Å². The number of aromatic nitrogens is 1. The molecule has 0 bridgehead atoms. The first-order valence-corrected chi connectivity index (χ1v) is 7.62. The second-order valence-electron chi connectivity index (χ2n) is 3.60. The molecule has 16 heavy (non-hydrogen) atoms. The van der Waals surface area contributed by atoms with Gasteiger partial charge in [-0.25, -0.2) is 18.5 Å². The molecule has 0 amide bonds. The summed E-state index contributed by atoms with van der Waals surface area (Å²) < 4.78 is 21.8. The molecule has 3 N–H and O–H groups in total. The fourth-order valence-electron chi connectivity index (χ4n) is 1.26. The van der Waals surface area contributed by atoms with Crippen molar-refractivity contribution in [3.05, 3.63) is 15.6 Å². The van der Waals surface area contributed by atoms with E-state index in [2.05, 4.69) is 17.2 Å². The molecule has 0 aliphatic rings. The van der Waals surface area contributed by atoms with Crippen molar-refractivity contribution in [2.24, 2.45) is 5.14 Å². The zero-order valence-corrected chi connectivity index (χ0v) is 11.1. The van der Waals surface area contributed by atoms with Crippen LogP contribution < -0.4 is 10.5 Å². The van der Waals surface area contributed by atoms with Crippen LogP contribution in [0.5, 0.6) is 0 Å². The number of hydrogen-bond acceptors (Lipinski definition) is 5. The van der Waals surface area contributed by atoms with Gasteiger partial charge in [-0.15, -0.1) is 11.3 Å². The van der Waals surface area contributed by atoms with Gasteiger partial charge in [0.1, 0.15) is 10.8 Å². The molecular weight excluding hydrogens is 246 g/mol. The second kappa shape index (κ2) is 5.72. The Bertz CT molecular complexity index is 440. The lowest BCUT2D eigenvalue weighted by atomic mass is 10.4. The first-order valence-electron chi connectivity index (χ1n) is 5.08. The van der Waals surface area contributed by atoms with Crippen LogP contribution in [0.2, 0.25) is 0 Å². The molecule has 0 saturated carbocycles. The van der Waals surface area contributed by atoms with Crippen LogP contribution >= 0.6 is 11.3 Å². The first kappa shape index (κ1) is 13.6. The fourth-order valence-corrected chi connectivity index (χ4v) is 3.24. The normalized spacial score (nSPS) is 11.9. The maximum atomic E-state index is 10.9. The van der Waals surface area contributed by atoms with Crippen LogP contribution in [-0.2, 0) is 22.3 Å². The highest BCUT2D eigenvalue weighted by Crippen LogP contribution is 2.19. The molecule has 0 aromatic carbocycles. The Labute approximate surface area is 100 Å². The molecule has 0 saturated heterocycles. The zero-order chi connectivity index (χ0) is 12.2. The smallest absolute Gasteiger partial charge is 0.215 e. The predicted octanol–water partition coefficient (Wildman–Crippen LogP) is 0.740. The minimum absolute atomic E-state index is 0.174. The molecule has 1 aromatic heterocycles. The highest BCUT2D eigenvalue weighted by molar-refractivity contribution is 7.88. The standard InChI is InChI=1S/C9H17N3O2S2/c1-3-4-11-5-8-7(2)12-9(15-8)6-16(10,13)14/h11H,3-6H2,1-2H3,(H2,10,13,14). The van der Waals surface area contributed by atoms with Crippen molar-refractivity contribution in [3.63, 3.8) is 0 Å². The van der Waals surface area contributed by atoms with Crippen molar-refractivity contribution in [3.8, 4) is 0 Å². The van der Waals surface area contributed by atoms with Crippen molar-refractivity contribution in [2.75, 3.05) is 6.54 Å². The quantitative estimate of drug-likeness (QED) is 0.741. The minimum atomic E-state index is -3.48. The van der Waals surface area contributed by atoms with E-state index in [1.807, 2.05) is 6.92 Å². The van der Waals surface area contributed by atoms with Crippen LogP contribution in [0.15, 0.2) is 0 Å². The monoisotopic (exact) mass is 263 g/mol. The van der Waals surface area contributed by atoms with Gasteiger partial charge in [0.05, 0.1) is 5.69 Å². The average molecular weight is 263 g/mol. The molecule has 0 unspecified atom stereocenters. The van der Waals surface area contributed by atoms with Gasteiger partial charge in [0.2, 0.25) is 10.0 Å². The summed E-state index contributed by atoms with van der Waals surface area (Å²) >= 11 is 1.40. The Morgan fingerprint density at radius 1 is 1.50 bits per heavy atom. The average Bonchev–Trinajstić information content (AvgIpc) is 2.44. The lowest BCUT2D eigenvalue weighted by Gasteiger charge is -1.99. The van der Waals surface area contributed by atoms with Crippen LogP contribution in [-0.4, -0.2) is 19.9 Å². The van der Waals surface area contributed by atoms with Crippen LogP contribution in [0.1, 0.15) is 28.9 Å². The van der Waals surface area contributed by atoms with Gasteiger partial charge in [-0.2, -0.15) is 0 Å². The summed E-state index contributed by atoms with van der Waals surface area (Å²) in [4.78, 5) is 5.27. The minimum Gasteiger partial charge on any atom is -0.312 e. The molecule has 0 fully saturated rings. The number of nitrogens with one attached hydrogen (secondary N) is 1. The molecule has 0 spiro atoms. The first-order chi connectivity index (χ1) is 7.42. The van der Waals surface area contributed by atoms with Gasteiger partial charge in [-0.1, -0.05) is 6.92 Å². The van der Waals surface area contributed by atoms with Crippen molar-refractivity contribution in [1.29, 1.82) is 0 Å². The summed E-state index contributed by atoms with van der Waals surface area (Å²) in [5.74, 6) is -0.174. The number of nitrogens with two attached hydrogens (primary N) is 1. The van der Waals surface area contributed by atoms with Crippen molar-refractivity contribution < 1.29 is 8.42 Å². The van der Waals surface area contributed by atoms with Crippen LogP contribution in [0.4, 0.5) is 0 Å². The van der Waals surface area contributed by atoms with Crippen molar-refractivity contribution in [2.45, 2.75) is 32.6 Å². The maximum absolute atomic E-state index is 10.9. The Morgan fingerprint density at radius 2 is 2.19 bits per heavy atom. The van der Waals surface area contributed by atoms with Crippen LogP contribution in [0.3, 0.4) is 0 Å². The van der Waals surface area contributed by atoms with E-state index in [1.165, 1.54) is 11.3 Å². The lowest BCUT2D eigenvalue weighted by molar-refractivity contribution is 0.597. The van der Waals surface area contributed by atoms with Gasteiger partial charge in [0, 0.05) is 11.4 Å². The van der Waals surface area contributed by atoms with E-state index in [-0.39, 0.29) is 5.75 Å². The van der Waals surface area contributed by atoms with E-state index in [9.17, 15) is 8.42 Å². The molecule has 7 heteroatoms. The number of nitrogens with zero attached hydrogens (tertiary/aromatic N) is 1. The molecule has 5 nitrogen and oxygen atoms in total. The van der Waals surface area contributed by atoms with E-state index in [0.29, 0.717) is 5.01 Å². The number of primary sulfonamides is 1. The third kappa shape index (κ3) is 4.56. The third-order valence-electron chi connectivity index (χ3n) is 1.97. The van der Waals surface area contributed by atoms with Crippen molar-refractivity contribution in [1.82, 2.24) is 10.3 Å². The number of aryl methyl sites for hydroxylation is 1. The molecule has 92 valence electrons. The topological polar surface area (TPSA) is 85.1 Å². The molecule has 0 atom stereocenters. The zero-order valence-electron chi connectivity index (χ0n) is 9.49. The fraction of sp³-hybridized carbons (Fsp3) is 0.667. The van der Waals surface area contributed by atoms with E-state index >= 15 is 0 Å². The molecule has 1 rings (SSSR count). The molecule has 1 heterocycles. The van der Waals surface area contributed by atoms with Gasteiger partial charge in [0.25, 0.3) is 0 Å². The summed E-state index contributed by atoms with van der Waals surface area (Å²) in [7, 11) is -3.48. The molecule has 1 aromatic rings. The highest BCUT2D eigenvalue weighted by Gasteiger charge is 2.12. The molecular formula is C9H17N3O2S2. The second-order valence-corrected chi connectivity index (χ2v) is 6.38. The van der Waals surface area contributed by atoms with Gasteiger partial charge in [0.15, 0.2) is 0 Å². The summed E-state index contributed by atoms with van der Waals surface area (Å²) in [6, 6.07) is 0. The Hall–Kier alpha value is -0.500. The molecule has 0 aliphatic heterocycles. The van der Waals surface area contributed by atoms with E-state index < -0.39 is 10.0 Å². The van der Waals surface area contributed by atoms with E-state index in [1.54, 1.807) is 0 Å². The summed E-state index contributed by atoms with van der Waals surface area (Å²) in [5.41, 5.74) is 0.882.